The molecule has 8 heteroatoms. The predicted molar refractivity (Wildman–Crippen MR) is 111 cm³/mol. The first-order chi connectivity index (χ1) is 13.1. The maximum absolute atomic E-state index is 5.81. The topological polar surface area (TPSA) is 83.2 Å². The molecule has 2 aromatic heterocycles. The minimum atomic E-state index is 0.473. The molecule has 0 fully saturated rings. The number of hydrogen-bond donors (Lipinski definition) is 1. The zero-order chi connectivity index (χ0) is 19.2. The number of thioether (sulfide) groups is 1. The zero-order valence-electron chi connectivity index (χ0n) is 15.6. The van der Waals surface area contributed by atoms with Crippen molar-refractivity contribution in [2.24, 2.45) is 0 Å². The summed E-state index contributed by atoms with van der Waals surface area (Å²) in [6.07, 6.45) is 2.61. The van der Waals surface area contributed by atoms with Crippen molar-refractivity contribution in [1.29, 1.82) is 0 Å². The number of rotatable bonds is 8. The highest BCUT2D eigenvalue weighted by atomic mass is 32.2. The Balaban J connectivity index is 1.79. The Hall–Kier alpha value is -2.32. The van der Waals surface area contributed by atoms with Crippen LogP contribution in [0.15, 0.2) is 35.6 Å². The van der Waals surface area contributed by atoms with Gasteiger partial charge in [-0.1, -0.05) is 18.7 Å². The molecule has 0 saturated heterocycles. The minimum Gasteiger partial charge on any atom is -0.493 e. The Morgan fingerprint density at radius 1 is 1.19 bits per heavy atom. The molecular weight excluding hydrogens is 380 g/mol. The maximum atomic E-state index is 5.81. The Morgan fingerprint density at radius 3 is 2.78 bits per heavy atom. The number of nitrogens with zero attached hydrogens (tertiary/aromatic N) is 3. The van der Waals surface area contributed by atoms with Gasteiger partial charge in [0, 0.05) is 22.4 Å². The zero-order valence-corrected chi connectivity index (χ0v) is 17.2. The fourth-order valence-corrected chi connectivity index (χ4v) is 4.25. The summed E-state index contributed by atoms with van der Waals surface area (Å²) in [5.41, 5.74) is 7.76. The van der Waals surface area contributed by atoms with Gasteiger partial charge in [0.25, 0.3) is 0 Å². The van der Waals surface area contributed by atoms with Gasteiger partial charge in [-0.3, -0.25) is 0 Å². The van der Waals surface area contributed by atoms with Crippen LogP contribution in [-0.2, 0) is 5.75 Å². The number of benzene rings is 1. The number of anilines is 1. The van der Waals surface area contributed by atoms with E-state index in [2.05, 4.69) is 23.8 Å². The van der Waals surface area contributed by atoms with Gasteiger partial charge in [-0.25, -0.2) is 15.0 Å². The van der Waals surface area contributed by atoms with Crippen LogP contribution in [0, 0.1) is 6.92 Å². The van der Waals surface area contributed by atoms with E-state index < -0.39 is 0 Å². The van der Waals surface area contributed by atoms with E-state index >= 15 is 0 Å². The molecule has 0 bridgehead atoms. The summed E-state index contributed by atoms with van der Waals surface area (Å²) in [6, 6.07) is 7.60. The van der Waals surface area contributed by atoms with Crippen LogP contribution < -0.4 is 15.2 Å². The van der Waals surface area contributed by atoms with Gasteiger partial charge < -0.3 is 15.2 Å². The van der Waals surface area contributed by atoms with Gasteiger partial charge in [0.1, 0.15) is 10.8 Å². The lowest BCUT2D eigenvalue weighted by atomic mass is 10.2. The first kappa shape index (κ1) is 19.4. The molecule has 0 aliphatic carbocycles. The summed E-state index contributed by atoms with van der Waals surface area (Å²) in [5.74, 6) is 2.64. The maximum Gasteiger partial charge on any atom is 0.189 e. The quantitative estimate of drug-likeness (QED) is 0.436. The summed E-state index contributed by atoms with van der Waals surface area (Å²) >= 11 is 3.19. The van der Waals surface area contributed by atoms with Crippen LogP contribution in [0.3, 0.4) is 0 Å². The van der Waals surface area contributed by atoms with E-state index in [9.17, 15) is 0 Å². The van der Waals surface area contributed by atoms with Crippen molar-refractivity contribution in [2.75, 3.05) is 19.5 Å². The number of methoxy groups -OCH3 is 1. The molecule has 0 atom stereocenters. The molecule has 3 aromatic rings. The van der Waals surface area contributed by atoms with Crippen molar-refractivity contribution >= 4 is 28.9 Å². The van der Waals surface area contributed by atoms with Crippen LogP contribution in [0.5, 0.6) is 11.5 Å². The molecule has 1 aromatic carbocycles. The van der Waals surface area contributed by atoms with E-state index in [1.165, 1.54) is 16.6 Å². The van der Waals surface area contributed by atoms with Crippen molar-refractivity contribution in [3.63, 3.8) is 0 Å². The number of hydrogen-bond acceptors (Lipinski definition) is 8. The Labute approximate surface area is 167 Å². The van der Waals surface area contributed by atoms with Crippen LogP contribution in [-0.4, -0.2) is 28.7 Å². The second-order valence-corrected chi connectivity index (χ2v) is 7.93. The minimum absolute atomic E-state index is 0.473. The number of nitrogen functional groups attached to an aromatic ring is 1. The summed E-state index contributed by atoms with van der Waals surface area (Å²) in [5, 5.41) is 1.62. The molecule has 0 amide bonds. The van der Waals surface area contributed by atoms with E-state index in [4.69, 9.17) is 20.2 Å². The molecule has 0 aliphatic heterocycles. The van der Waals surface area contributed by atoms with Gasteiger partial charge in [-0.15, -0.1) is 11.3 Å². The third-order valence-corrected chi connectivity index (χ3v) is 5.69. The molecule has 0 saturated carbocycles. The van der Waals surface area contributed by atoms with Crippen LogP contribution in [0.4, 0.5) is 5.82 Å². The highest BCUT2D eigenvalue weighted by Crippen LogP contribution is 2.36. The first-order valence-electron chi connectivity index (χ1n) is 8.59. The van der Waals surface area contributed by atoms with Crippen molar-refractivity contribution in [3.05, 3.63) is 41.0 Å². The lowest BCUT2D eigenvalue weighted by Gasteiger charge is -2.10. The summed E-state index contributed by atoms with van der Waals surface area (Å²) in [4.78, 5) is 14.4. The first-order valence-corrected chi connectivity index (χ1v) is 10.4. The molecule has 142 valence electrons. The molecule has 27 heavy (non-hydrogen) atoms. The average Bonchev–Trinajstić information content (AvgIpc) is 3.05. The van der Waals surface area contributed by atoms with Gasteiger partial charge in [-0.2, -0.15) is 0 Å². The molecular formula is C19H22N4O2S2. The number of nitrogens with two attached hydrogens (primary N) is 1. The van der Waals surface area contributed by atoms with Crippen molar-refractivity contribution in [3.8, 4) is 22.1 Å². The fraction of sp³-hybridized carbons (Fsp3) is 0.316. The van der Waals surface area contributed by atoms with E-state index in [1.807, 2.05) is 18.2 Å². The second-order valence-electron chi connectivity index (χ2n) is 5.79. The normalized spacial score (nSPS) is 10.8. The van der Waals surface area contributed by atoms with E-state index in [0.29, 0.717) is 23.3 Å². The van der Waals surface area contributed by atoms with Gasteiger partial charge >= 0.3 is 0 Å². The van der Waals surface area contributed by atoms with Crippen LogP contribution in [0.2, 0.25) is 0 Å². The number of aryl methyl sites for hydroxylation is 1. The largest absolute Gasteiger partial charge is 0.493 e. The highest BCUT2D eigenvalue weighted by Gasteiger charge is 2.13. The van der Waals surface area contributed by atoms with Crippen molar-refractivity contribution in [1.82, 2.24) is 15.0 Å². The molecule has 0 unspecified atom stereocenters. The highest BCUT2D eigenvalue weighted by molar-refractivity contribution is 7.98. The van der Waals surface area contributed by atoms with Crippen LogP contribution in [0.1, 0.15) is 23.9 Å². The second kappa shape index (κ2) is 9.05. The van der Waals surface area contributed by atoms with Gasteiger partial charge in [-0.05, 0) is 37.6 Å². The van der Waals surface area contributed by atoms with Gasteiger partial charge in [0.05, 0.1) is 19.4 Å². The lowest BCUT2D eigenvalue weighted by molar-refractivity contribution is 0.294. The third kappa shape index (κ3) is 4.90. The third-order valence-electron chi connectivity index (χ3n) is 3.76. The predicted octanol–water partition coefficient (Wildman–Crippen LogP) is 4.58. The average molecular weight is 403 g/mol. The lowest BCUT2D eigenvalue weighted by Crippen LogP contribution is -1.98. The standard InChI is InChI=1S/C19H22N4O2S2/c1-4-9-25-16-10-13(5-6-15(16)24-3)18-22-14(12(2)27-18)11-26-19-21-8-7-17(20)23-19/h5-8,10H,4,9,11H2,1-3H3,(H2,20,21,23). The van der Waals surface area contributed by atoms with Gasteiger partial charge in [0.2, 0.25) is 0 Å². The fourth-order valence-electron chi connectivity index (χ4n) is 2.38. The molecule has 6 nitrogen and oxygen atoms in total. The smallest absolute Gasteiger partial charge is 0.189 e. The van der Waals surface area contributed by atoms with Crippen LogP contribution in [0.25, 0.3) is 10.6 Å². The SMILES string of the molecule is CCCOc1cc(-c2nc(CSc3nccc(N)n3)c(C)s2)ccc1OC. The number of ether oxygens (including phenoxy) is 2. The van der Waals surface area contributed by atoms with Gasteiger partial charge in [0.15, 0.2) is 16.7 Å². The number of thiazole rings is 1. The molecule has 0 aliphatic rings. The van der Waals surface area contributed by atoms with E-state index in [-0.39, 0.29) is 0 Å². The molecule has 2 N–H and O–H groups in total. The summed E-state index contributed by atoms with van der Waals surface area (Å²) < 4.78 is 11.2. The molecule has 0 radical (unpaired) electrons. The van der Waals surface area contributed by atoms with Crippen molar-refractivity contribution in [2.45, 2.75) is 31.2 Å². The molecule has 2 heterocycles. The number of aromatic nitrogens is 3. The monoisotopic (exact) mass is 402 g/mol. The van der Waals surface area contributed by atoms with Crippen molar-refractivity contribution < 1.29 is 9.47 Å². The summed E-state index contributed by atoms with van der Waals surface area (Å²) in [7, 11) is 1.65. The van der Waals surface area contributed by atoms with E-state index in [1.54, 1.807) is 30.7 Å². The Bertz CT molecular complexity index is 914. The molecule has 3 rings (SSSR count). The van der Waals surface area contributed by atoms with Crippen LogP contribution >= 0.6 is 23.1 Å². The summed E-state index contributed by atoms with van der Waals surface area (Å²) in [6.45, 7) is 4.81. The van der Waals surface area contributed by atoms with E-state index in [0.717, 1.165) is 34.2 Å². The Kier molecular flexibility index (Phi) is 6.52. The Morgan fingerprint density at radius 2 is 2.04 bits per heavy atom. The molecule has 0 spiro atoms.